The molecule has 2 N–H and O–H groups in total. The maximum atomic E-state index is 5.75. The third kappa shape index (κ3) is 3.15. The van der Waals surface area contributed by atoms with Crippen molar-refractivity contribution in [3.8, 4) is 0 Å². The molecule has 2 rings (SSSR count). The first-order chi connectivity index (χ1) is 7.74. The molecule has 1 heterocycles. The van der Waals surface area contributed by atoms with Crippen LogP contribution in [0.15, 0.2) is 35.7 Å². The van der Waals surface area contributed by atoms with E-state index in [1.54, 1.807) is 11.3 Å². The zero-order chi connectivity index (χ0) is 11.4. The lowest BCUT2D eigenvalue weighted by Crippen LogP contribution is -2.17. The molecule has 2 nitrogen and oxygen atoms in total. The minimum absolute atomic E-state index is 0.190. The Bertz CT molecular complexity index is 434. The highest BCUT2D eigenvalue weighted by Gasteiger charge is 2.04. The summed E-state index contributed by atoms with van der Waals surface area (Å²) in [5.41, 5.74) is 8.20. The summed E-state index contributed by atoms with van der Waals surface area (Å²) in [4.78, 5) is 4.58. The van der Waals surface area contributed by atoms with Crippen molar-refractivity contribution in [1.29, 1.82) is 0 Å². The van der Waals surface area contributed by atoms with Gasteiger partial charge < -0.3 is 5.73 Å². The summed E-state index contributed by atoms with van der Waals surface area (Å²) in [5, 5.41) is 3.27. The van der Waals surface area contributed by atoms with E-state index in [4.69, 9.17) is 5.73 Å². The smallest absolute Gasteiger partial charge is 0.0943 e. The molecule has 0 aliphatic rings. The minimum Gasteiger partial charge on any atom is -0.328 e. The van der Waals surface area contributed by atoms with Crippen LogP contribution in [0.2, 0.25) is 0 Å². The van der Waals surface area contributed by atoms with E-state index >= 15 is 0 Å². The summed E-state index contributed by atoms with van der Waals surface area (Å²) in [5.74, 6) is 0. The van der Waals surface area contributed by atoms with Crippen LogP contribution >= 0.6 is 11.3 Å². The Balaban J connectivity index is 2.03. The molecule has 0 radical (unpaired) electrons. The Labute approximate surface area is 100 Å². The van der Waals surface area contributed by atoms with Gasteiger partial charge in [-0.15, -0.1) is 11.3 Å². The van der Waals surface area contributed by atoms with Gasteiger partial charge in [0.05, 0.1) is 10.7 Å². The monoisotopic (exact) mass is 232 g/mol. The van der Waals surface area contributed by atoms with Gasteiger partial charge in [-0.25, -0.2) is 4.98 Å². The quantitative estimate of drug-likeness (QED) is 0.880. The van der Waals surface area contributed by atoms with Crippen molar-refractivity contribution in [1.82, 2.24) is 4.98 Å². The van der Waals surface area contributed by atoms with E-state index < -0.39 is 0 Å². The van der Waals surface area contributed by atoms with Gasteiger partial charge in [0, 0.05) is 24.3 Å². The van der Waals surface area contributed by atoms with Gasteiger partial charge in [-0.05, 0) is 12.5 Å². The normalized spacial score (nSPS) is 12.6. The molecule has 0 spiro atoms. The van der Waals surface area contributed by atoms with E-state index in [2.05, 4.69) is 34.6 Å². The van der Waals surface area contributed by atoms with Crippen LogP contribution in [0, 0.1) is 0 Å². The van der Waals surface area contributed by atoms with Crippen LogP contribution in [-0.2, 0) is 12.8 Å². The predicted molar refractivity (Wildman–Crippen MR) is 68.7 cm³/mol. The van der Waals surface area contributed by atoms with Crippen molar-refractivity contribution < 1.29 is 0 Å². The number of benzene rings is 1. The van der Waals surface area contributed by atoms with E-state index in [1.807, 2.05) is 13.0 Å². The van der Waals surface area contributed by atoms with Crippen LogP contribution in [0.4, 0.5) is 0 Å². The molecule has 0 aliphatic carbocycles. The molecule has 0 bridgehead atoms. The fraction of sp³-hybridized carbons (Fsp3) is 0.308. The number of aromatic nitrogens is 1. The topological polar surface area (TPSA) is 38.9 Å². The second-order valence-corrected chi connectivity index (χ2v) is 5.02. The first-order valence-electron chi connectivity index (χ1n) is 5.47. The summed E-state index contributed by atoms with van der Waals surface area (Å²) >= 11 is 1.71. The third-order valence-corrected chi connectivity index (χ3v) is 3.24. The van der Waals surface area contributed by atoms with Gasteiger partial charge in [0.1, 0.15) is 0 Å². The number of nitrogens with zero attached hydrogens (tertiary/aromatic N) is 1. The number of hydrogen-bond donors (Lipinski definition) is 1. The van der Waals surface area contributed by atoms with Crippen LogP contribution in [0.3, 0.4) is 0 Å². The second-order valence-electron chi connectivity index (χ2n) is 4.08. The van der Waals surface area contributed by atoms with Crippen LogP contribution < -0.4 is 5.73 Å². The summed E-state index contributed by atoms with van der Waals surface area (Å²) in [7, 11) is 0. The van der Waals surface area contributed by atoms with Gasteiger partial charge >= 0.3 is 0 Å². The van der Waals surface area contributed by atoms with Crippen molar-refractivity contribution in [3.05, 3.63) is 52.0 Å². The summed E-state index contributed by atoms with van der Waals surface area (Å²) < 4.78 is 0. The van der Waals surface area contributed by atoms with Crippen LogP contribution in [0.5, 0.6) is 0 Å². The van der Waals surface area contributed by atoms with Crippen molar-refractivity contribution in [2.24, 2.45) is 5.73 Å². The third-order valence-electron chi connectivity index (χ3n) is 2.32. The minimum atomic E-state index is 0.190. The number of rotatable bonds is 4. The maximum Gasteiger partial charge on any atom is 0.0943 e. The van der Waals surface area contributed by atoms with Gasteiger partial charge in [-0.2, -0.15) is 0 Å². The average Bonchev–Trinajstić information content (AvgIpc) is 2.66. The first kappa shape index (κ1) is 11.3. The highest BCUT2D eigenvalue weighted by atomic mass is 32.1. The first-order valence-corrected chi connectivity index (χ1v) is 6.35. The molecular weight excluding hydrogens is 216 g/mol. The lowest BCUT2D eigenvalue weighted by atomic mass is 10.1. The van der Waals surface area contributed by atoms with Crippen LogP contribution in [-0.4, -0.2) is 11.0 Å². The highest BCUT2D eigenvalue weighted by molar-refractivity contribution is 7.09. The molecule has 0 aliphatic heterocycles. The van der Waals surface area contributed by atoms with Crippen molar-refractivity contribution in [2.75, 3.05) is 0 Å². The zero-order valence-corrected chi connectivity index (χ0v) is 10.2. The van der Waals surface area contributed by atoms with E-state index in [1.165, 1.54) is 5.56 Å². The molecule has 0 saturated heterocycles. The van der Waals surface area contributed by atoms with Gasteiger partial charge in [0.2, 0.25) is 0 Å². The Hall–Kier alpha value is -1.19. The molecule has 1 unspecified atom stereocenters. The van der Waals surface area contributed by atoms with Gasteiger partial charge in [-0.1, -0.05) is 30.3 Å². The van der Waals surface area contributed by atoms with E-state index in [-0.39, 0.29) is 6.04 Å². The molecular formula is C13H16N2S. The SMILES string of the molecule is CC(N)Cc1nc(Cc2ccccc2)cs1. The van der Waals surface area contributed by atoms with Gasteiger partial charge in [0.25, 0.3) is 0 Å². The predicted octanol–water partition coefficient (Wildman–Crippen LogP) is 2.62. The maximum absolute atomic E-state index is 5.75. The molecule has 16 heavy (non-hydrogen) atoms. The molecule has 3 heteroatoms. The Kier molecular flexibility index (Phi) is 3.70. The van der Waals surface area contributed by atoms with Gasteiger partial charge in [0.15, 0.2) is 0 Å². The van der Waals surface area contributed by atoms with Crippen LogP contribution in [0.1, 0.15) is 23.2 Å². The van der Waals surface area contributed by atoms with E-state index in [9.17, 15) is 0 Å². The summed E-state index contributed by atoms with van der Waals surface area (Å²) in [6, 6.07) is 10.6. The lowest BCUT2D eigenvalue weighted by molar-refractivity contribution is 0.731. The van der Waals surface area contributed by atoms with Gasteiger partial charge in [-0.3, -0.25) is 0 Å². The Morgan fingerprint density at radius 1 is 1.31 bits per heavy atom. The van der Waals surface area contributed by atoms with Crippen molar-refractivity contribution in [3.63, 3.8) is 0 Å². The van der Waals surface area contributed by atoms with Crippen molar-refractivity contribution in [2.45, 2.75) is 25.8 Å². The Morgan fingerprint density at radius 3 is 2.75 bits per heavy atom. The molecule has 1 aromatic carbocycles. The molecule has 84 valence electrons. The number of thiazole rings is 1. The van der Waals surface area contributed by atoms with Crippen molar-refractivity contribution >= 4 is 11.3 Å². The molecule has 1 aromatic heterocycles. The second kappa shape index (κ2) is 5.23. The average molecular weight is 232 g/mol. The summed E-state index contributed by atoms with van der Waals surface area (Å²) in [6.07, 6.45) is 1.79. The molecule has 0 amide bonds. The number of nitrogens with two attached hydrogens (primary N) is 1. The molecule has 0 fully saturated rings. The van der Waals surface area contributed by atoms with E-state index in [0.29, 0.717) is 0 Å². The molecule has 2 aromatic rings. The summed E-state index contributed by atoms with van der Waals surface area (Å²) in [6.45, 7) is 2.01. The highest BCUT2D eigenvalue weighted by Crippen LogP contribution is 2.14. The Morgan fingerprint density at radius 2 is 2.06 bits per heavy atom. The fourth-order valence-corrected chi connectivity index (χ4v) is 2.54. The number of hydrogen-bond acceptors (Lipinski definition) is 3. The van der Waals surface area contributed by atoms with Crippen LogP contribution in [0.25, 0.3) is 0 Å². The fourth-order valence-electron chi connectivity index (χ4n) is 1.60. The lowest BCUT2D eigenvalue weighted by Gasteiger charge is -1.99. The van der Waals surface area contributed by atoms with E-state index in [0.717, 1.165) is 23.5 Å². The standard InChI is InChI=1S/C13H16N2S/c1-10(14)7-13-15-12(9-16-13)8-11-5-3-2-4-6-11/h2-6,9-10H,7-8,14H2,1H3. The molecule has 1 atom stereocenters. The largest absolute Gasteiger partial charge is 0.328 e. The zero-order valence-electron chi connectivity index (χ0n) is 9.39. The molecule has 0 saturated carbocycles.